The molecule has 0 aliphatic heterocycles. The molecule has 23 heavy (non-hydrogen) atoms. The van der Waals surface area contributed by atoms with E-state index < -0.39 is 4.92 Å². The minimum atomic E-state index is -0.478. The third kappa shape index (κ3) is 5.46. The summed E-state index contributed by atoms with van der Waals surface area (Å²) in [5.74, 6) is 0.592. The number of nitro benzene ring substituents is 1. The maximum absolute atomic E-state index is 11.8. The van der Waals surface area contributed by atoms with E-state index in [4.69, 9.17) is 0 Å². The van der Waals surface area contributed by atoms with Gasteiger partial charge in [-0.05, 0) is 18.1 Å². The van der Waals surface area contributed by atoms with Gasteiger partial charge < -0.3 is 0 Å². The van der Waals surface area contributed by atoms with E-state index >= 15 is 0 Å². The third-order valence-corrected chi connectivity index (χ3v) is 4.75. The van der Waals surface area contributed by atoms with Crippen molar-refractivity contribution < 1.29 is 9.72 Å². The zero-order chi connectivity index (χ0) is 16.7. The molecule has 2 rings (SSSR count). The Hall–Kier alpha value is -2.26. The fourth-order valence-electron chi connectivity index (χ4n) is 1.57. The van der Waals surface area contributed by atoms with E-state index in [2.05, 4.69) is 22.4 Å². The lowest BCUT2D eigenvalue weighted by Crippen LogP contribution is -2.07. The molecule has 0 spiro atoms. The first kappa shape index (κ1) is 17.1. The Labute approximate surface area is 141 Å². The topological polar surface area (TPSA) is 98.0 Å². The number of nitrogens with one attached hydrogen (secondary N) is 1. The van der Waals surface area contributed by atoms with Crippen molar-refractivity contribution in [2.75, 3.05) is 11.1 Å². The van der Waals surface area contributed by atoms with Crippen LogP contribution in [-0.2, 0) is 4.79 Å². The van der Waals surface area contributed by atoms with Gasteiger partial charge in [-0.1, -0.05) is 42.2 Å². The van der Waals surface area contributed by atoms with Crippen molar-refractivity contribution in [3.05, 3.63) is 46.0 Å². The standard InChI is InChI=1S/C14H14N4O3S2/c1-2-8-22-14-17-16-13(23-14)15-12(19)7-6-10-4-3-5-11(9-10)18(20)21/h3-7,9H,2,8H2,1H3,(H,15,16,19)/b7-6+. The molecule has 120 valence electrons. The minimum absolute atomic E-state index is 0.0192. The summed E-state index contributed by atoms with van der Waals surface area (Å²) in [5, 5.41) is 21.6. The van der Waals surface area contributed by atoms with Crippen molar-refractivity contribution in [1.82, 2.24) is 10.2 Å². The predicted octanol–water partition coefficient (Wildman–Crippen LogP) is 3.60. The number of non-ortho nitro benzene ring substituents is 1. The largest absolute Gasteiger partial charge is 0.297 e. The van der Waals surface area contributed by atoms with Gasteiger partial charge in [0.15, 0.2) is 4.34 Å². The molecule has 0 atom stereocenters. The van der Waals surface area contributed by atoms with E-state index in [1.165, 1.54) is 35.6 Å². The summed E-state index contributed by atoms with van der Waals surface area (Å²) in [6.07, 6.45) is 3.85. The molecule has 0 bridgehead atoms. The second-order valence-corrected chi connectivity index (χ2v) is 6.72. The van der Waals surface area contributed by atoms with Gasteiger partial charge in [-0.3, -0.25) is 20.2 Å². The van der Waals surface area contributed by atoms with Crippen LogP contribution in [0.2, 0.25) is 0 Å². The number of thioether (sulfide) groups is 1. The molecule has 0 saturated heterocycles. The normalized spacial score (nSPS) is 10.8. The first-order valence-electron chi connectivity index (χ1n) is 6.78. The molecule has 7 nitrogen and oxygen atoms in total. The maximum Gasteiger partial charge on any atom is 0.270 e. The number of carbonyl (C=O) groups is 1. The Bertz CT molecular complexity index is 730. The quantitative estimate of drug-likeness (QED) is 0.269. The Balaban J connectivity index is 1.95. The summed E-state index contributed by atoms with van der Waals surface area (Å²) >= 11 is 2.91. The zero-order valence-corrected chi connectivity index (χ0v) is 13.9. The number of nitrogens with zero attached hydrogens (tertiary/aromatic N) is 3. The summed E-state index contributed by atoms with van der Waals surface area (Å²) in [6.45, 7) is 2.08. The molecule has 0 fully saturated rings. The number of amides is 1. The molecule has 0 saturated carbocycles. The van der Waals surface area contributed by atoms with Crippen LogP contribution in [0.15, 0.2) is 34.7 Å². The van der Waals surface area contributed by atoms with Crippen LogP contribution in [-0.4, -0.2) is 26.8 Å². The number of nitro groups is 1. The SMILES string of the molecule is CCCSc1nnc(NC(=O)/C=C/c2cccc([N+](=O)[O-])c2)s1. The minimum Gasteiger partial charge on any atom is -0.297 e. The third-order valence-electron chi connectivity index (χ3n) is 2.57. The molecular formula is C14H14N4O3S2. The summed E-state index contributed by atoms with van der Waals surface area (Å²) < 4.78 is 0.810. The maximum atomic E-state index is 11.8. The highest BCUT2D eigenvalue weighted by Crippen LogP contribution is 2.25. The van der Waals surface area contributed by atoms with Crippen molar-refractivity contribution in [3.63, 3.8) is 0 Å². The number of benzene rings is 1. The first-order valence-corrected chi connectivity index (χ1v) is 8.58. The number of hydrogen-bond acceptors (Lipinski definition) is 7. The molecule has 0 unspecified atom stereocenters. The van der Waals surface area contributed by atoms with Crippen LogP contribution < -0.4 is 5.32 Å². The second-order valence-electron chi connectivity index (χ2n) is 4.40. The zero-order valence-electron chi connectivity index (χ0n) is 12.3. The number of hydrogen-bond donors (Lipinski definition) is 1. The molecule has 0 radical (unpaired) electrons. The smallest absolute Gasteiger partial charge is 0.270 e. The molecular weight excluding hydrogens is 336 g/mol. The molecule has 1 amide bonds. The highest BCUT2D eigenvalue weighted by molar-refractivity contribution is 8.01. The van der Waals surface area contributed by atoms with Gasteiger partial charge in [0, 0.05) is 24.0 Å². The van der Waals surface area contributed by atoms with E-state index in [0.717, 1.165) is 16.5 Å². The molecule has 1 aromatic heterocycles. The van der Waals surface area contributed by atoms with E-state index in [1.807, 2.05) is 0 Å². The number of anilines is 1. The van der Waals surface area contributed by atoms with Gasteiger partial charge in [-0.2, -0.15) is 0 Å². The van der Waals surface area contributed by atoms with E-state index in [1.54, 1.807) is 23.9 Å². The fourth-order valence-corrected chi connectivity index (χ4v) is 3.25. The van der Waals surface area contributed by atoms with Gasteiger partial charge in [0.25, 0.3) is 5.69 Å². The van der Waals surface area contributed by atoms with Gasteiger partial charge in [0.1, 0.15) is 0 Å². The first-order chi connectivity index (χ1) is 11.1. The van der Waals surface area contributed by atoms with Crippen molar-refractivity contribution in [2.45, 2.75) is 17.7 Å². The lowest BCUT2D eigenvalue weighted by molar-refractivity contribution is -0.384. The summed E-state index contributed by atoms with van der Waals surface area (Å²) in [7, 11) is 0. The van der Waals surface area contributed by atoms with Crippen molar-refractivity contribution in [1.29, 1.82) is 0 Å². The molecule has 1 heterocycles. The van der Waals surface area contributed by atoms with Crippen LogP contribution in [0.1, 0.15) is 18.9 Å². The highest BCUT2D eigenvalue weighted by atomic mass is 32.2. The lowest BCUT2D eigenvalue weighted by Gasteiger charge is -1.96. The Kier molecular flexibility index (Phi) is 6.24. The molecule has 2 aromatic rings. The van der Waals surface area contributed by atoms with E-state index in [9.17, 15) is 14.9 Å². The average molecular weight is 350 g/mol. The lowest BCUT2D eigenvalue weighted by atomic mass is 10.2. The predicted molar refractivity (Wildman–Crippen MR) is 91.7 cm³/mol. The van der Waals surface area contributed by atoms with Crippen molar-refractivity contribution in [3.8, 4) is 0 Å². The van der Waals surface area contributed by atoms with Crippen LogP contribution in [0.3, 0.4) is 0 Å². The van der Waals surface area contributed by atoms with Crippen LogP contribution >= 0.6 is 23.1 Å². The second kappa shape index (κ2) is 8.39. The summed E-state index contributed by atoms with van der Waals surface area (Å²) in [5.41, 5.74) is 0.556. The number of rotatable bonds is 7. The molecule has 1 N–H and O–H groups in total. The Morgan fingerprint density at radius 3 is 3.04 bits per heavy atom. The molecule has 9 heteroatoms. The number of aromatic nitrogens is 2. The Morgan fingerprint density at radius 2 is 2.30 bits per heavy atom. The van der Waals surface area contributed by atoms with Crippen LogP contribution in [0.4, 0.5) is 10.8 Å². The average Bonchev–Trinajstić information content (AvgIpc) is 2.98. The van der Waals surface area contributed by atoms with Gasteiger partial charge in [0.05, 0.1) is 4.92 Å². The van der Waals surface area contributed by atoms with Crippen molar-refractivity contribution in [2.24, 2.45) is 0 Å². The summed E-state index contributed by atoms with van der Waals surface area (Å²) in [6, 6.07) is 6.04. The van der Waals surface area contributed by atoms with Gasteiger partial charge in [-0.25, -0.2) is 0 Å². The van der Waals surface area contributed by atoms with Crippen LogP contribution in [0.25, 0.3) is 6.08 Å². The fraction of sp³-hybridized carbons (Fsp3) is 0.214. The van der Waals surface area contributed by atoms with Gasteiger partial charge in [-0.15, -0.1) is 10.2 Å². The number of carbonyl (C=O) groups excluding carboxylic acids is 1. The van der Waals surface area contributed by atoms with E-state index in [0.29, 0.717) is 10.7 Å². The van der Waals surface area contributed by atoms with Crippen molar-refractivity contribution >= 4 is 45.9 Å². The highest BCUT2D eigenvalue weighted by Gasteiger charge is 2.07. The molecule has 0 aliphatic rings. The van der Waals surface area contributed by atoms with Gasteiger partial charge in [0.2, 0.25) is 11.0 Å². The molecule has 0 aliphatic carbocycles. The summed E-state index contributed by atoms with van der Waals surface area (Å²) in [4.78, 5) is 22.0. The van der Waals surface area contributed by atoms with Crippen LogP contribution in [0.5, 0.6) is 0 Å². The van der Waals surface area contributed by atoms with Gasteiger partial charge >= 0.3 is 0 Å². The Morgan fingerprint density at radius 1 is 1.48 bits per heavy atom. The van der Waals surface area contributed by atoms with E-state index in [-0.39, 0.29) is 11.6 Å². The molecule has 1 aromatic carbocycles. The van der Waals surface area contributed by atoms with Crippen LogP contribution in [0, 0.1) is 10.1 Å². The monoisotopic (exact) mass is 350 g/mol.